The molecule has 0 saturated heterocycles. The van der Waals surface area contributed by atoms with Gasteiger partial charge in [-0.3, -0.25) is 0 Å². The third-order valence-electron chi connectivity index (χ3n) is 3.91. The Hall–Kier alpha value is 0.634. The summed E-state index contributed by atoms with van der Waals surface area (Å²) >= 11 is -0.0234. The number of allylic oxidation sites excluding steroid dienone is 8. The van der Waals surface area contributed by atoms with E-state index in [1.165, 1.54) is 25.7 Å². The van der Waals surface area contributed by atoms with Crippen LogP contribution < -0.4 is 34.0 Å². The average molecular weight is 422 g/mol. The number of hydrogen-bond acceptors (Lipinski definition) is 0. The average Bonchev–Trinajstić information content (AvgIpc) is 2.83. The van der Waals surface area contributed by atoms with E-state index < -0.39 is 0 Å². The van der Waals surface area contributed by atoms with Crippen molar-refractivity contribution in [2.45, 2.75) is 53.4 Å². The Morgan fingerprint density at radius 2 is 1.21 bits per heavy atom. The van der Waals surface area contributed by atoms with E-state index in [0.29, 0.717) is 0 Å². The van der Waals surface area contributed by atoms with Crippen molar-refractivity contribution in [3.8, 4) is 0 Å². The Bertz CT molecular complexity index is 411. The summed E-state index contributed by atoms with van der Waals surface area (Å²) in [7, 11) is 0. The molecule has 0 saturated carbocycles. The molecule has 2 aliphatic rings. The molecule has 0 bridgehead atoms. The molecule has 19 heavy (non-hydrogen) atoms. The zero-order valence-electron chi connectivity index (χ0n) is 12.2. The molecule has 0 unspecified atom stereocenters. The van der Waals surface area contributed by atoms with Crippen molar-refractivity contribution < 1.29 is 53.1 Å². The summed E-state index contributed by atoms with van der Waals surface area (Å²) in [5.74, 6) is 0. The fourth-order valence-electron chi connectivity index (χ4n) is 2.90. The van der Waals surface area contributed by atoms with E-state index in [1.807, 2.05) is 0 Å². The van der Waals surface area contributed by atoms with Crippen LogP contribution in [0.25, 0.3) is 0 Å². The van der Waals surface area contributed by atoms with Crippen molar-refractivity contribution in [3.63, 3.8) is 0 Å². The van der Waals surface area contributed by atoms with Crippen LogP contribution in [0.3, 0.4) is 0 Å². The van der Waals surface area contributed by atoms with Crippen molar-refractivity contribution in [3.05, 3.63) is 42.2 Å². The first-order valence-electron chi connectivity index (χ1n) is 6.72. The molecule has 0 amide bonds. The van der Waals surface area contributed by atoms with Gasteiger partial charge in [-0.15, -0.1) is 0 Å². The third kappa shape index (κ3) is 4.30. The van der Waals surface area contributed by atoms with Crippen LogP contribution >= 0.6 is 0 Å². The van der Waals surface area contributed by atoms with E-state index in [2.05, 4.69) is 39.8 Å². The van der Waals surface area contributed by atoms with E-state index >= 15 is 0 Å². The molecule has 0 radical (unpaired) electrons. The van der Waals surface area contributed by atoms with E-state index in [4.69, 9.17) is 0 Å². The summed E-state index contributed by atoms with van der Waals surface area (Å²) in [6.07, 6.45) is 9.80. The van der Waals surface area contributed by atoms with Gasteiger partial charge in [0, 0.05) is 0 Å². The Balaban J connectivity index is 0.00000162. The van der Waals surface area contributed by atoms with Crippen LogP contribution in [-0.2, 0) is 19.2 Å². The molecular formula is C16H22Br2Ti. The molecule has 0 aromatic heterocycles. The Labute approximate surface area is 148 Å². The topological polar surface area (TPSA) is 0 Å². The van der Waals surface area contributed by atoms with Crippen molar-refractivity contribution in [1.82, 2.24) is 0 Å². The minimum Gasteiger partial charge on any atom is -1.00 e. The summed E-state index contributed by atoms with van der Waals surface area (Å²) in [6.45, 7) is 9.17. The zero-order chi connectivity index (χ0) is 12.4. The standard InChI is InChI=1S/2C8H11.2BrH.Ti/c2*1-3-8-6-4-5-7(8)2;;;/h2*5H,3-4H2,1-2H3;2*1H;/q;;;;+2/p-2. The largest absolute Gasteiger partial charge is 1.00 e. The maximum atomic E-state index is 2.43. The SMILES string of the molecule is CCC1=[C]([Ti+2][C]2=C(CC)C(C)=CC2)CC=C1C.[Br-].[Br-]. The molecule has 0 fully saturated rings. The maximum Gasteiger partial charge on any atom is -1.00 e. The fraction of sp³-hybridized carbons (Fsp3) is 0.500. The smallest absolute Gasteiger partial charge is 1.00 e. The van der Waals surface area contributed by atoms with Crippen molar-refractivity contribution in [2.24, 2.45) is 0 Å². The van der Waals surface area contributed by atoms with Crippen LogP contribution in [0.5, 0.6) is 0 Å². The molecule has 0 aromatic rings. The van der Waals surface area contributed by atoms with Crippen LogP contribution in [0.4, 0.5) is 0 Å². The summed E-state index contributed by atoms with van der Waals surface area (Å²) in [5, 5.41) is 0. The number of rotatable bonds is 4. The van der Waals surface area contributed by atoms with Gasteiger partial charge in [-0.05, 0) is 0 Å². The molecule has 0 aliphatic heterocycles. The normalized spacial score (nSPS) is 17.7. The number of hydrogen-bond donors (Lipinski definition) is 0. The fourth-order valence-corrected chi connectivity index (χ4v) is 5.74. The molecule has 3 heteroatoms. The molecule has 0 aromatic carbocycles. The summed E-state index contributed by atoms with van der Waals surface area (Å²) in [5.41, 5.74) is 6.45. The first-order chi connectivity index (χ1) is 8.17. The minimum absolute atomic E-state index is 0. The summed E-state index contributed by atoms with van der Waals surface area (Å²) in [6, 6.07) is 0. The second-order valence-corrected chi connectivity index (χ2v) is 7.20. The van der Waals surface area contributed by atoms with Gasteiger partial charge >= 0.3 is 115 Å². The first-order valence-corrected chi connectivity index (χ1v) is 8.28. The number of halogens is 2. The molecule has 104 valence electrons. The molecule has 2 rings (SSSR count). The van der Waals surface area contributed by atoms with Crippen LogP contribution in [-0.4, -0.2) is 0 Å². The Morgan fingerprint density at radius 1 is 0.842 bits per heavy atom. The molecule has 0 N–H and O–H groups in total. The van der Waals surface area contributed by atoms with Gasteiger partial charge in [-0.1, -0.05) is 0 Å². The van der Waals surface area contributed by atoms with Crippen LogP contribution in [0.15, 0.2) is 42.2 Å². The van der Waals surface area contributed by atoms with Crippen molar-refractivity contribution >= 4 is 0 Å². The quantitative estimate of drug-likeness (QED) is 0.516. The van der Waals surface area contributed by atoms with E-state index in [-0.39, 0.29) is 53.1 Å². The monoisotopic (exact) mass is 420 g/mol. The molecular weight excluding hydrogens is 400 g/mol. The predicted molar refractivity (Wildman–Crippen MR) is 71.4 cm³/mol. The van der Waals surface area contributed by atoms with E-state index in [0.717, 1.165) is 0 Å². The van der Waals surface area contributed by atoms with Crippen LogP contribution in [0.2, 0.25) is 0 Å². The van der Waals surface area contributed by atoms with Gasteiger partial charge in [0.2, 0.25) is 0 Å². The van der Waals surface area contributed by atoms with Crippen LogP contribution in [0, 0.1) is 0 Å². The second kappa shape index (κ2) is 8.82. The minimum atomic E-state index is -0.0234. The molecule has 0 atom stereocenters. The van der Waals surface area contributed by atoms with Gasteiger partial charge < -0.3 is 34.0 Å². The third-order valence-corrected chi connectivity index (χ3v) is 6.44. The van der Waals surface area contributed by atoms with E-state index in [9.17, 15) is 0 Å². The Morgan fingerprint density at radius 3 is 1.53 bits per heavy atom. The van der Waals surface area contributed by atoms with Gasteiger partial charge in [-0.25, -0.2) is 0 Å². The van der Waals surface area contributed by atoms with Crippen LogP contribution in [0.1, 0.15) is 53.4 Å². The van der Waals surface area contributed by atoms with Gasteiger partial charge in [-0.2, -0.15) is 0 Å². The molecule has 2 aliphatic carbocycles. The van der Waals surface area contributed by atoms with Gasteiger partial charge in [0.15, 0.2) is 0 Å². The Kier molecular flexibility index (Phi) is 9.11. The first kappa shape index (κ1) is 19.6. The molecule has 0 spiro atoms. The van der Waals surface area contributed by atoms with E-state index in [1.54, 1.807) is 30.0 Å². The van der Waals surface area contributed by atoms with Crippen molar-refractivity contribution in [1.29, 1.82) is 0 Å². The zero-order valence-corrected chi connectivity index (χ0v) is 17.0. The summed E-state index contributed by atoms with van der Waals surface area (Å²) < 4.78 is 3.60. The van der Waals surface area contributed by atoms with Gasteiger partial charge in [0.1, 0.15) is 0 Å². The summed E-state index contributed by atoms with van der Waals surface area (Å²) in [4.78, 5) is 0. The van der Waals surface area contributed by atoms with Gasteiger partial charge in [0.25, 0.3) is 0 Å². The predicted octanol–water partition coefficient (Wildman–Crippen LogP) is -0.895. The second-order valence-electron chi connectivity index (χ2n) is 4.93. The maximum absolute atomic E-state index is 2.43. The molecule has 0 heterocycles. The van der Waals surface area contributed by atoms with Crippen molar-refractivity contribution in [2.75, 3.05) is 0 Å². The molecule has 0 nitrogen and oxygen atoms in total. The van der Waals surface area contributed by atoms with Gasteiger partial charge in [0.05, 0.1) is 0 Å².